The van der Waals surface area contributed by atoms with Gasteiger partial charge in [-0.25, -0.2) is 4.98 Å². The summed E-state index contributed by atoms with van der Waals surface area (Å²) in [5.74, 6) is -1.29. The number of halogens is 1. The van der Waals surface area contributed by atoms with E-state index in [1.54, 1.807) is 0 Å². The highest BCUT2D eigenvalue weighted by atomic mass is 19.1. The minimum atomic E-state index is -0.913. The van der Waals surface area contributed by atoms with Crippen LogP contribution in [0.4, 0.5) is 4.39 Å². The lowest BCUT2D eigenvalue weighted by Gasteiger charge is -1.79. The maximum Gasteiger partial charge on any atom is 0.304 e. The molecule has 2 N–H and O–H groups in total. The first-order valence-electron chi connectivity index (χ1n) is 2.11. The van der Waals surface area contributed by atoms with Crippen LogP contribution in [0.2, 0.25) is 0 Å². The molecule has 0 saturated carbocycles. The second kappa shape index (κ2) is 1.85. The van der Waals surface area contributed by atoms with E-state index in [1.165, 1.54) is 0 Å². The van der Waals surface area contributed by atoms with Gasteiger partial charge in [-0.2, -0.15) is 4.39 Å². The Morgan fingerprint density at radius 3 is 2.78 bits per heavy atom. The van der Waals surface area contributed by atoms with Crippen LogP contribution in [0.25, 0.3) is 0 Å². The van der Waals surface area contributed by atoms with E-state index >= 15 is 0 Å². The third-order valence-electron chi connectivity index (χ3n) is 0.688. The summed E-state index contributed by atoms with van der Waals surface area (Å²) < 4.78 is 15.9. The minimum Gasteiger partial charge on any atom is -0.406 e. The van der Waals surface area contributed by atoms with E-state index in [4.69, 9.17) is 0 Å². The van der Waals surface area contributed by atoms with Gasteiger partial charge < -0.3 is 10.2 Å². The van der Waals surface area contributed by atoms with Crippen LogP contribution in [0.5, 0.6) is 0 Å². The van der Waals surface area contributed by atoms with Crippen LogP contribution in [-0.4, -0.2) is 10.9 Å². The summed E-state index contributed by atoms with van der Waals surface area (Å²) in [6, 6.07) is -0.913. The average molecular weight is 130 g/mol. The average Bonchev–Trinajstić information content (AvgIpc) is 2.14. The summed E-state index contributed by atoms with van der Waals surface area (Å²) in [4.78, 5) is 13.3. The molecule has 48 valence electrons. The largest absolute Gasteiger partial charge is 0.406 e. The summed E-state index contributed by atoms with van der Waals surface area (Å²) in [6.45, 7) is 0. The number of nitrogens with zero attached hydrogens (tertiary/aromatic N) is 1. The first-order valence-corrected chi connectivity index (χ1v) is 2.11. The van der Waals surface area contributed by atoms with Gasteiger partial charge in [0, 0.05) is 0 Å². The van der Waals surface area contributed by atoms with Gasteiger partial charge in [-0.05, 0) is 0 Å². The zero-order valence-electron chi connectivity index (χ0n) is 4.30. The molecular formula is C4H3FN2O2. The smallest absolute Gasteiger partial charge is 0.304 e. The highest BCUT2D eigenvalue weighted by molar-refractivity contribution is 5.87. The molecule has 0 atom stereocenters. The molecule has 0 bridgehead atoms. The van der Waals surface area contributed by atoms with E-state index in [2.05, 4.69) is 15.1 Å². The molecule has 0 saturated heterocycles. The van der Waals surface area contributed by atoms with Crippen LogP contribution >= 0.6 is 0 Å². The lowest BCUT2D eigenvalue weighted by Crippen LogP contribution is -2.10. The Balaban J connectivity index is 2.98. The van der Waals surface area contributed by atoms with Crippen LogP contribution in [0.3, 0.4) is 0 Å². The molecule has 0 radical (unpaired) electrons. The van der Waals surface area contributed by atoms with Crippen LogP contribution < -0.4 is 5.73 Å². The molecule has 1 heterocycles. The number of oxazole rings is 1. The number of hydrogen-bond donors (Lipinski definition) is 1. The van der Waals surface area contributed by atoms with Crippen LogP contribution in [-0.2, 0) is 0 Å². The number of carbonyl (C=O) groups is 1. The molecule has 0 aliphatic rings. The highest BCUT2D eigenvalue weighted by Crippen LogP contribution is 1.98. The predicted octanol–water partition coefficient (Wildman–Crippen LogP) is -0.0874. The zero-order valence-corrected chi connectivity index (χ0v) is 4.30. The Labute approximate surface area is 49.5 Å². The fourth-order valence-corrected chi connectivity index (χ4v) is 0.368. The molecule has 1 aromatic rings. The van der Waals surface area contributed by atoms with Crippen LogP contribution in [0.15, 0.2) is 10.6 Å². The molecule has 0 aromatic carbocycles. The molecule has 0 spiro atoms. The standard InChI is InChI=1S/C4H3FN2O2/c5-2-1-7-4(9-2)3(6)8/h1H,(H2,6,8). The van der Waals surface area contributed by atoms with Gasteiger partial charge in [0.1, 0.15) is 6.20 Å². The molecule has 4 nitrogen and oxygen atoms in total. The zero-order chi connectivity index (χ0) is 6.85. The van der Waals surface area contributed by atoms with Gasteiger partial charge in [-0.15, -0.1) is 0 Å². The number of aromatic nitrogens is 1. The Hall–Kier alpha value is -1.39. The van der Waals surface area contributed by atoms with Crippen molar-refractivity contribution in [3.63, 3.8) is 0 Å². The van der Waals surface area contributed by atoms with Crippen molar-refractivity contribution in [2.75, 3.05) is 0 Å². The summed E-state index contributed by atoms with van der Waals surface area (Å²) in [5, 5.41) is 0. The minimum absolute atomic E-state index is 0.410. The Morgan fingerprint density at radius 1 is 1.89 bits per heavy atom. The topological polar surface area (TPSA) is 69.1 Å². The highest BCUT2D eigenvalue weighted by Gasteiger charge is 2.06. The van der Waals surface area contributed by atoms with E-state index in [-0.39, 0.29) is 0 Å². The van der Waals surface area contributed by atoms with Crippen molar-refractivity contribution in [1.29, 1.82) is 0 Å². The monoisotopic (exact) mass is 130 g/mol. The van der Waals surface area contributed by atoms with Gasteiger partial charge in [0.05, 0.1) is 0 Å². The molecule has 5 heteroatoms. The first-order chi connectivity index (χ1) is 4.20. The van der Waals surface area contributed by atoms with Crippen molar-refractivity contribution < 1.29 is 13.6 Å². The van der Waals surface area contributed by atoms with Crippen molar-refractivity contribution >= 4 is 5.91 Å². The number of primary amides is 1. The normalized spacial score (nSPS) is 9.44. The molecule has 0 aliphatic carbocycles. The van der Waals surface area contributed by atoms with Crippen LogP contribution in [0, 0.1) is 6.01 Å². The predicted molar refractivity (Wildman–Crippen MR) is 25.0 cm³/mol. The first kappa shape index (κ1) is 5.74. The molecule has 0 fully saturated rings. The van der Waals surface area contributed by atoms with Crippen molar-refractivity contribution in [3.8, 4) is 0 Å². The van der Waals surface area contributed by atoms with Gasteiger partial charge in [0.2, 0.25) is 0 Å². The number of nitrogens with two attached hydrogens (primary N) is 1. The lowest BCUT2D eigenvalue weighted by molar-refractivity contribution is 0.0959. The van der Waals surface area contributed by atoms with Crippen molar-refractivity contribution in [2.24, 2.45) is 5.73 Å². The number of amides is 1. The molecule has 1 rings (SSSR count). The van der Waals surface area contributed by atoms with Gasteiger partial charge in [0.15, 0.2) is 0 Å². The maximum atomic E-state index is 11.9. The number of rotatable bonds is 1. The van der Waals surface area contributed by atoms with Gasteiger partial charge >= 0.3 is 5.91 Å². The van der Waals surface area contributed by atoms with E-state index in [9.17, 15) is 9.18 Å². The van der Waals surface area contributed by atoms with Gasteiger partial charge in [-0.1, -0.05) is 0 Å². The third-order valence-corrected chi connectivity index (χ3v) is 0.688. The summed E-state index contributed by atoms with van der Waals surface area (Å²) in [6.07, 6.45) is 0.778. The Morgan fingerprint density at radius 2 is 2.56 bits per heavy atom. The van der Waals surface area contributed by atoms with Crippen molar-refractivity contribution in [2.45, 2.75) is 0 Å². The molecule has 0 aliphatic heterocycles. The number of carbonyl (C=O) groups excluding carboxylic acids is 1. The fraction of sp³-hybridized carbons (Fsp3) is 0. The number of hydrogen-bond acceptors (Lipinski definition) is 3. The fourth-order valence-electron chi connectivity index (χ4n) is 0.368. The summed E-state index contributed by atoms with van der Waals surface area (Å²) in [5.41, 5.74) is 4.67. The van der Waals surface area contributed by atoms with E-state index in [0.29, 0.717) is 0 Å². The summed E-state index contributed by atoms with van der Waals surface area (Å²) >= 11 is 0. The second-order valence-corrected chi connectivity index (χ2v) is 1.33. The van der Waals surface area contributed by atoms with Crippen LogP contribution in [0.1, 0.15) is 10.7 Å². The lowest BCUT2D eigenvalue weighted by atomic mass is 10.6. The van der Waals surface area contributed by atoms with Crippen molar-refractivity contribution in [1.82, 2.24) is 4.98 Å². The second-order valence-electron chi connectivity index (χ2n) is 1.33. The quantitative estimate of drug-likeness (QED) is 0.577. The van der Waals surface area contributed by atoms with E-state index in [1.807, 2.05) is 0 Å². The molecule has 0 unspecified atom stereocenters. The third kappa shape index (κ3) is 1.04. The molecule has 9 heavy (non-hydrogen) atoms. The Bertz CT molecular complexity index is 232. The Kier molecular flexibility index (Phi) is 1.18. The maximum absolute atomic E-state index is 11.9. The van der Waals surface area contributed by atoms with Gasteiger partial charge in [0.25, 0.3) is 11.9 Å². The van der Waals surface area contributed by atoms with E-state index in [0.717, 1.165) is 6.20 Å². The van der Waals surface area contributed by atoms with Gasteiger partial charge in [-0.3, -0.25) is 4.79 Å². The van der Waals surface area contributed by atoms with E-state index < -0.39 is 17.8 Å². The summed E-state index contributed by atoms with van der Waals surface area (Å²) in [7, 11) is 0. The SMILES string of the molecule is NC(=O)c1ncc(F)o1. The van der Waals surface area contributed by atoms with Crippen molar-refractivity contribution in [3.05, 3.63) is 18.1 Å². The molecule has 1 aromatic heterocycles. The molecular weight excluding hydrogens is 127 g/mol. The molecule has 1 amide bonds.